The topological polar surface area (TPSA) is 134 Å². The number of carboxylic acids is 1. The van der Waals surface area contributed by atoms with Gasteiger partial charge in [0.15, 0.2) is 5.82 Å². The Balaban J connectivity index is 1.23. The van der Waals surface area contributed by atoms with Gasteiger partial charge in [-0.25, -0.2) is 19.6 Å². The van der Waals surface area contributed by atoms with E-state index in [1.807, 2.05) is 19.4 Å². The second-order valence-corrected chi connectivity index (χ2v) is 19.6. The van der Waals surface area contributed by atoms with Crippen molar-refractivity contribution in [3.8, 4) is 11.4 Å². The van der Waals surface area contributed by atoms with E-state index >= 15 is 0 Å². The molecule has 4 heterocycles. The maximum atomic E-state index is 13.6. The number of allylic oxidation sites excluding steroid dienone is 1. The first-order valence-corrected chi connectivity index (χ1v) is 20.7. The molecular formula is C43H64N6O5. The summed E-state index contributed by atoms with van der Waals surface area (Å²) in [7, 11) is 2.05. The molecule has 2 aliphatic heterocycles. The number of hydrogen-bond acceptors (Lipinski definition) is 9. The van der Waals surface area contributed by atoms with Crippen LogP contribution in [0.1, 0.15) is 106 Å². The van der Waals surface area contributed by atoms with E-state index in [0.717, 1.165) is 76.0 Å². The van der Waals surface area contributed by atoms with Crippen molar-refractivity contribution in [3.05, 3.63) is 36.7 Å². The van der Waals surface area contributed by atoms with E-state index in [1.165, 1.54) is 5.57 Å². The molecule has 2 aromatic heterocycles. The lowest BCUT2D eigenvalue weighted by atomic mass is 9.34. The largest absolute Gasteiger partial charge is 0.481 e. The van der Waals surface area contributed by atoms with Crippen molar-refractivity contribution in [1.82, 2.24) is 30.0 Å². The number of carboxylic acid groups (broad SMARTS) is 1. The molecule has 0 aromatic carbocycles. The first-order chi connectivity index (χ1) is 25.7. The zero-order valence-corrected chi connectivity index (χ0v) is 33.9. The van der Waals surface area contributed by atoms with Gasteiger partial charge in [-0.2, -0.15) is 5.10 Å². The van der Waals surface area contributed by atoms with Gasteiger partial charge in [0.25, 0.3) is 0 Å². The molecule has 0 amide bonds. The number of carbonyl (C=O) groups is 1. The minimum atomic E-state index is -0.624. The summed E-state index contributed by atoms with van der Waals surface area (Å²) in [6, 6.07) is -0.115. The van der Waals surface area contributed by atoms with Crippen LogP contribution in [-0.4, -0.2) is 87.5 Å². The number of nitrogens with zero attached hydrogens (tertiary/aromatic N) is 5. The van der Waals surface area contributed by atoms with Crippen LogP contribution in [0.15, 0.2) is 36.7 Å². The standard InChI is InChI=1S/C43H64N6O5/c1-27(2)28(3)38(4)13-14-40(6)30-9-10-33-39(5)22-53-24-43(33,31(30)11-12-41(40,7)34(38)37(50)51)19-32(35(39)54-23-42(44-8)15-17-52-18-16-42)49-36(47-26-48-49)29-20-45-25-46-21-29/h11,20-21,25-28,30,32-35,44H,9-10,12-19,22-24H2,1-8H3,(H,50,51)/t28-,30+,32-,33+,34-,35+,38-,39+,40-,41+,43?/m1/s1. The van der Waals surface area contributed by atoms with Gasteiger partial charge in [0, 0.05) is 42.0 Å². The summed E-state index contributed by atoms with van der Waals surface area (Å²) in [6.45, 7) is 19.6. The predicted octanol–water partition coefficient (Wildman–Crippen LogP) is 7.02. The molecule has 2 bridgehead atoms. The van der Waals surface area contributed by atoms with Crippen LogP contribution in [0, 0.1) is 56.7 Å². The minimum Gasteiger partial charge on any atom is -0.481 e. The number of likely N-dealkylation sites (N-methyl/N-ethyl adjacent to an activating group) is 1. The fourth-order valence-corrected chi connectivity index (χ4v) is 13.7. The number of fused-ring (bicyclic) bond motifs is 3. The Hall–Kier alpha value is -2.73. The smallest absolute Gasteiger partial charge is 0.307 e. The molecule has 1 unspecified atom stereocenters. The summed E-state index contributed by atoms with van der Waals surface area (Å²) in [5, 5.41) is 19.8. The summed E-state index contributed by atoms with van der Waals surface area (Å²) in [6.07, 6.45) is 16.7. The van der Waals surface area contributed by atoms with E-state index < -0.39 is 11.9 Å². The second-order valence-electron chi connectivity index (χ2n) is 19.6. The fourth-order valence-electron chi connectivity index (χ4n) is 13.7. The molecule has 2 aromatic rings. The SMILES string of the molecule is CNC1(CO[C@H]2[C@H](n3ncnc3-c3cncnc3)CC34COC[C@@]2(C)[C@@H]3CC[C@H]2C4=CC[C@@]3(C)[C@H](C(=O)O)[C@@](C)([C@H](C)C(C)C)CC[C@]23C)CCOCC1. The monoisotopic (exact) mass is 744 g/mol. The molecule has 11 heteroatoms. The van der Waals surface area contributed by atoms with Crippen molar-refractivity contribution in [1.29, 1.82) is 0 Å². The molecule has 11 atom stereocenters. The molecule has 2 saturated heterocycles. The van der Waals surface area contributed by atoms with E-state index in [-0.39, 0.29) is 50.7 Å². The molecule has 11 nitrogen and oxygen atoms in total. The highest BCUT2D eigenvalue weighted by Crippen LogP contribution is 2.75. The first-order valence-electron chi connectivity index (χ1n) is 20.7. The van der Waals surface area contributed by atoms with Gasteiger partial charge in [-0.05, 0) is 98.3 Å². The molecule has 54 heavy (non-hydrogen) atoms. The predicted molar refractivity (Wildman–Crippen MR) is 205 cm³/mol. The van der Waals surface area contributed by atoms with Crippen molar-refractivity contribution in [2.45, 2.75) is 118 Å². The average molecular weight is 745 g/mol. The fraction of sp³-hybridized carbons (Fsp3) is 0.791. The van der Waals surface area contributed by atoms with E-state index in [0.29, 0.717) is 37.6 Å². The zero-order valence-electron chi connectivity index (χ0n) is 33.9. The number of aromatic nitrogens is 5. The Morgan fingerprint density at radius 1 is 1.00 bits per heavy atom. The molecule has 6 aliphatic rings. The molecule has 8 rings (SSSR count). The Bertz CT molecular complexity index is 1740. The quantitative estimate of drug-likeness (QED) is 0.258. The van der Waals surface area contributed by atoms with Crippen molar-refractivity contribution in [3.63, 3.8) is 0 Å². The van der Waals surface area contributed by atoms with Gasteiger partial charge in [-0.15, -0.1) is 0 Å². The lowest BCUT2D eigenvalue weighted by Crippen LogP contribution is -2.69. The summed E-state index contributed by atoms with van der Waals surface area (Å²) < 4.78 is 22.1. The highest BCUT2D eigenvalue weighted by atomic mass is 16.5. The zero-order chi connectivity index (χ0) is 38.3. The summed E-state index contributed by atoms with van der Waals surface area (Å²) >= 11 is 0. The van der Waals surface area contributed by atoms with Crippen LogP contribution >= 0.6 is 0 Å². The number of hydrogen-bond donors (Lipinski definition) is 2. The highest BCUT2D eigenvalue weighted by Gasteiger charge is 2.72. The third-order valence-electron chi connectivity index (χ3n) is 17.3. The van der Waals surface area contributed by atoms with Gasteiger partial charge in [-0.3, -0.25) is 4.79 Å². The Morgan fingerprint density at radius 3 is 2.43 bits per heavy atom. The Kier molecular flexibility index (Phi) is 9.50. The minimum absolute atomic E-state index is 0.115. The van der Waals surface area contributed by atoms with E-state index in [4.69, 9.17) is 24.3 Å². The van der Waals surface area contributed by atoms with Gasteiger partial charge >= 0.3 is 5.97 Å². The molecule has 0 radical (unpaired) electrons. The molecule has 4 aliphatic carbocycles. The van der Waals surface area contributed by atoms with Gasteiger partial charge in [0.1, 0.15) is 12.7 Å². The van der Waals surface area contributed by atoms with Crippen LogP contribution in [0.4, 0.5) is 0 Å². The summed E-state index contributed by atoms with van der Waals surface area (Å²) in [4.78, 5) is 27.1. The first kappa shape index (κ1) is 38.2. The van der Waals surface area contributed by atoms with Crippen molar-refractivity contribution >= 4 is 5.97 Å². The maximum Gasteiger partial charge on any atom is 0.307 e. The Labute approximate surface area is 321 Å². The number of ether oxygens (including phenoxy) is 3. The van der Waals surface area contributed by atoms with Gasteiger partial charge in [0.2, 0.25) is 0 Å². The van der Waals surface area contributed by atoms with Gasteiger partial charge in [-0.1, -0.05) is 60.1 Å². The number of aliphatic carboxylic acids is 1. The molecule has 296 valence electrons. The highest BCUT2D eigenvalue weighted by molar-refractivity contribution is 5.73. The lowest BCUT2D eigenvalue weighted by molar-refractivity contribution is -0.253. The van der Waals surface area contributed by atoms with Gasteiger partial charge in [0.05, 0.1) is 43.4 Å². The van der Waals surface area contributed by atoms with E-state index in [2.05, 4.69) is 74.5 Å². The van der Waals surface area contributed by atoms with Gasteiger partial charge < -0.3 is 24.6 Å². The normalized spacial score (nSPS) is 41.9. The van der Waals surface area contributed by atoms with Crippen LogP contribution in [0.5, 0.6) is 0 Å². The third kappa shape index (κ3) is 5.37. The lowest BCUT2D eigenvalue weighted by Gasteiger charge is -2.71. The molecule has 3 saturated carbocycles. The second kappa shape index (κ2) is 13.4. The van der Waals surface area contributed by atoms with Crippen LogP contribution in [0.3, 0.4) is 0 Å². The maximum absolute atomic E-state index is 13.6. The van der Waals surface area contributed by atoms with Crippen LogP contribution in [-0.2, 0) is 19.0 Å². The molecular weight excluding hydrogens is 681 g/mol. The van der Waals surface area contributed by atoms with Crippen LogP contribution in [0.2, 0.25) is 0 Å². The van der Waals surface area contributed by atoms with E-state index in [1.54, 1.807) is 12.7 Å². The number of nitrogens with one attached hydrogen (secondary N) is 1. The van der Waals surface area contributed by atoms with Crippen LogP contribution < -0.4 is 5.32 Å². The van der Waals surface area contributed by atoms with Crippen molar-refractivity contribution in [2.75, 3.05) is 40.1 Å². The third-order valence-corrected chi connectivity index (χ3v) is 17.3. The summed E-state index contributed by atoms with van der Waals surface area (Å²) in [5.74, 6) is 1.06. The molecule has 5 fully saturated rings. The molecule has 0 spiro atoms. The summed E-state index contributed by atoms with van der Waals surface area (Å²) in [5.41, 5.74) is 0.849. The molecule has 2 N–H and O–H groups in total. The number of rotatable bonds is 9. The van der Waals surface area contributed by atoms with E-state index in [9.17, 15) is 9.90 Å². The van der Waals surface area contributed by atoms with Crippen molar-refractivity contribution < 1.29 is 24.1 Å². The van der Waals surface area contributed by atoms with Crippen molar-refractivity contribution in [2.24, 2.45) is 56.7 Å². The van der Waals surface area contributed by atoms with Crippen LogP contribution in [0.25, 0.3) is 11.4 Å². The Morgan fingerprint density at radius 2 is 1.74 bits per heavy atom. The average Bonchev–Trinajstić information content (AvgIpc) is 3.65.